The SMILES string of the molecule is CCC(C)C(CN(Cc1ncc[nH]1)Cc1cccc2ccccc12)NC(=O)Cc1cncn1Cc1ccc(C#N)cc1. The molecule has 2 atom stereocenters. The number of carbonyl (C=O) groups is 1. The van der Waals surface area contributed by atoms with Gasteiger partial charge in [0.1, 0.15) is 5.82 Å². The number of amides is 1. The molecule has 5 aromatic rings. The van der Waals surface area contributed by atoms with E-state index >= 15 is 0 Å². The van der Waals surface area contributed by atoms with Gasteiger partial charge in [-0.1, -0.05) is 74.9 Å². The van der Waals surface area contributed by atoms with Crippen LogP contribution in [-0.2, 0) is 30.8 Å². The largest absolute Gasteiger partial charge is 0.351 e. The molecule has 2 aromatic heterocycles. The molecule has 8 heteroatoms. The number of nitrogens with one attached hydrogen (secondary N) is 2. The first-order valence-corrected chi connectivity index (χ1v) is 14.5. The molecule has 2 N–H and O–H groups in total. The topological polar surface area (TPSA) is 103 Å². The molecule has 3 aromatic carbocycles. The van der Waals surface area contributed by atoms with Gasteiger partial charge in [0.05, 0.1) is 30.9 Å². The number of fused-ring (bicyclic) bond motifs is 1. The van der Waals surface area contributed by atoms with Crippen LogP contribution >= 0.6 is 0 Å². The number of aromatic nitrogens is 4. The van der Waals surface area contributed by atoms with Gasteiger partial charge in [0.2, 0.25) is 5.91 Å². The van der Waals surface area contributed by atoms with E-state index in [2.05, 4.69) is 87.5 Å². The van der Waals surface area contributed by atoms with Gasteiger partial charge in [0.25, 0.3) is 0 Å². The van der Waals surface area contributed by atoms with Crippen LogP contribution in [0.1, 0.15) is 48.5 Å². The number of nitriles is 1. The maximum absolute atomic E-state index is 13.4. The van der Waals surface area contributed by atoms with E-state index in [0.717, 1.165) is 30.0 Å². The Morgan fingerprint density at radius 2 is 1.90 bits per heavy atom. The Kier molecular flexibility index (Phi) is 9.42. The van der Waals surface area contributed by atoms with Crippen molar-refractivity contribution in [1.29, 1.82) is 5.26 Å². The summed E-state index contributed by atoms with van der Waals surface area (Å²) in [5.74, 6) is 1.16. The second-order valence-electron chi connectivity index (χ2n) is 10.9. The molecule has 5 rings (SSSR count). The maximum atomic E-state index is 13.4. The lowest BCUT2D eigenvalue weighted by atomic mass is 9.97. The third kappa shape index (κ3) is 7.31. The minimum Gasteiger partial charge on any atom is -0.351 e. The summed E-state index contributed by atoms with van der Waals surface area (Å²) in [7, 11) is 0. The zero-order valence-electron chi connectivity index (χ0n) is 24.2. The number of aromatic amines is 1. The van der Waals surface area contributed by atoms with Crippen molar-refractivity contribution in [3.05, 3.63) is 120 Å². The van der Waals surface area contributed by atoms with E-state index in [4.69, 9.17) is 5.26 Å². The van der Waals surface area contributed by atoms with Crippen LogP contribution in [0.2, 0.25) is 0 Å². The van der Waals surface area contributed by atoms with Crippen LogP contribution in [0.5, 0.6) is 0 Å². The lowest BCUT2D eigenvalue weighted by molar-refractivity contribution is -0.121. The first-order chi connectivity index (χ1) is 20.5. The van der Waals surface area contributed by atoms with Crippen LogP contribution in [0, 0.1) is 17.2 Å². The van der Waals surface area contributed by atoms with Gasteiger partial charge in [0.15, 0.2) is 0 Å². The fourth-order valence-corrected chi connectivity index (χ4v) is 5.32. The number of carbonyl (C=O) groups excluding carboxylic acids is 1. The highest BCUT2D eigenvalue weighted by atomic mass is 16.1. The molecular formula is C34H37N7O. The molecule has 0 radical (unpaired) electrons. The molecule has 0 aliphatic rings. The van der Waals surface area contributed by atoms with E-state index in [0.29, 0.717) is 25.2 Å². The molecule has 1 amide bonds. The summed E-state index contributed by atoms with van der Waals surface area (Å²) in [5.41, 5.74) is 3.78. The highest BCUT2D eigenvalue weighted by Gasteiger charge is 2.23. The van der Waals surface area contributed by atoms with Crippen molar-refractivity contribution in [3.8, 4) is 6.07 Å². The van der Waals surface area contributed by atoms with E-state index in [1.807, 2.05) is 35.0 Å². The molecule has 2 unspecified atom stereocenters. The van der Waals surface area contributed by atoms with Crippen LogP contribution in [-0.4, -0.2) is 42.9 Å². The van der Waals surface area contributed by atoms with Gasteiger partial charge in [-0.2, -0.15) is 5.26 Å². The second-order valence-corrected chi connectivity index (χ2v) is 10.9. The van der Waals surface area contributed by atoms with Crippen molar-refractivity contribution in [2.45, 2.75) is 52.4 Å². The predicted octanol–water partition coefficient (Wildman–Crippen LogP) is 5.46. The minimum absolute atomic E-state index is 0.0232. The number of imidazole rings is 2. The Morgan fingerprint density at radius 1 is 1.10 bits per heavy atom. The summed E-state index contributed by atoms with van der Waals surface area (Å²) < 4.78 is 1.99. The Labute approximate surface area is 247 Å². The summed E-state index contributed by atoms with van der Waals surface area (Å²) in [4.78, 5) is 27.8. The van der Waals surface area contributed by atoms with Crippen LogP contribution in [0.15, 0.2) is 91.6 Å². The van der Waals surface area contributed by atoms with Crippen LogP contribution in [0.3, 0.4) is 0 Å². The van der Waals surface area contributed by atoms with Crippen molar-refractivity contribution < 1.29 is 4.79 Å². The van der Waals surface area contributed by atoms with Crippen molar-refractivity contribution >= 4 is 16.7 Å². The zero-order chi connectivity index (χ0) is 29.3. The lowest BCUT2D eigenvalue weighted by Gasteiger charge is -2.31. The standard InChI is InChI=1S/C34H37N7O/c1-3-25(2)32(39-34(42)17-30-19-36-24-41(30)20-27-13-11-26(18-35)12-14-27)22-40(23-33-37-15-16-38-33)21-29-9-6-8-28-7-4-5-10-31(28)29/h4-16,19,24-25,32H,3,17,20-23H2,1-2H3,(H,37,38)(H,39,42). The van der Waals surface area contributed by atoms with E-state index in [-0.39, 0.29) is 24.3 Å². The highest BCUT2D eigenvalue weighted by molar-refractivity contribution is 5.85. The number of H-pyrrole nitrogens is 1. The van der Waals surface area contributed by atoms with Crippen LogP contribution in [0.4, 0.5) is 0 Å². The zero-order valence-corrected chi connectivity index (χ0v) is 24.2. The predicted molar refractivity (Wildman–Crippen MR) is 164 cm³/mol. The second kappa shape index (κ2) is 13.7. The molecule has 0 spiro atoms. The quantitative estimate of drug-likeness (QED) is 0.200. The maximum Gasteiger partial charge on any atom is 0.226 e. The molecule has 0 saturated heterocycles. The first-order valence-electron chi connectivity index (χ1n) is 14.5. The molecule has 0 saturated carbocycles. The smallest absolute Gasteiger partial charge is 0.226 e. The summed E-state index contributed by atoms with van der Waals surface area (Å²) in [6.45, 7) is 7.03. The van der Waals surface area contributed by atoms with Gasteiger partial charge in [-0.15, -0.1) is 0 Å². The summed E-state index contributed by atoms with van der Waals surface area (Å²) in [6.07, 6.45) is 8.32. The lowest BCUT2D eigenvalue weighted by Crippen LogP contribution is -2.47. The fourth-order valence-electron chi connectivity index (χ4n) is 5.32. The summed E-state index contributed by atoms with van der Waals surface area (Å²) >= 11 is 0. The van der Waals surface area contributed by atoms with E-state index in [1.54, 1.807) is 18.7 Å². The molecular weight excluding hydrogens is 522 g/mol. The molecule has 2 heterocycles. The average Bonchev–Trinajstić information content (AvgIpc) is 3.69. The number of hydrogen-bond donors (Lipinski definition) is 2. The van der Waals surface area contributed by atoms with E-state index < -0.39 is 0 Å². The Hall–Kier alpha value is -4.74. The molecule has 42 heavy (non-hydrogen) atoms. The third-order valence-corrected chi connectivity index (χ3v) is 7.91. The molecule has 0 aliphatic carbocycles. The Balaban J connectivity index is 1.30. The number of nitrogens with zero attached hydrogens (tertiary/aromatic N) is 5. The van der Waals surface area contributed by atoms with Gasteiger partial charge in [-0.05, 0) is 39.9 Å². The average molecular weight is 560 g/mol. The highest BCUT2D eigenvalue weighted by Crippen LogP contribution is 2.22. The number of benzene rings is 3. The number of hydrogen-bond acceptors (Lipinski definition) is 5. The first kappa shape index (κ1) is 28.8. The Bertz CT molecular complexity index is 1630. The van der Waals surface area contributed by atoms with E-state index in [1.165, 1.54) is 16.3 Å². The molecule has 214 valence electrons. The molecule has 0 aliphatic heterocycles. The van der Waals surface area contributed by atoms with Crippen LogP contribution in [0.25, 0.3) is 10.8 Å². The fraction of sp³-hybridized carbons (Fsp3) is 0.294. The normalized spacial score (nSPS) is 12.7. The van der Waals surface area contributed by atoms with Gasteiger partial charge in [-0.3, -0.25) is 9.69 Å². The van der Waals surface area contributed by atoms with Gasteiger partial charge in [0, 0.05) is 50.0 Å². The molecule has 0 bridgehead atoms. The van der Waals surface area contributed by atoms with Crippen LogP contribution < -0.4 is 5.32 Å². The minimum atomic E-state index is -0.0395. The van der Waals surface area contributed by atoms with Crippen molar-refractivity contribution in [1.82, 2.24) is 29.7 Å². The monoisotopic (exact) mass is 559 g/mol. The van der Waals surface area contributed by atoms with E-state index in [9.17, 15) is 4.79 Å². The van der Waals surface area contributed by atoms with Gasteiger partial charge < -0.3 is 14.9 Å². The summed E-state index contributed by atoms with van der Waals surface area (Å²) in [6, 6.07) is 24.5. The van der Waals surface area contributed by atoms with Gasteiger partial charge >= 0.3 is 0 Å². The van der Waals surface area contributed by atoms with Crippen molar-refractivity contribution in [2.24, 2.45) is 5.92 Å². The summed E-state index contributed by atoms with van der Waals surface area (Å²) in [5, 5.41) is 14.9. The Morgan fingerprint density at radius 3 is 2.67 bits per heavy atom. The third-order valence-electron chi connectivity index (χ3n) is 7.91. The van der Waals surface area contributed by atoms with Gasteiger partial charge in [-0.25, -0.2) is 9.97 Å². The van der Waals surface area contributed by atoms with Crippen molar-refractivity contribution in [3.63, 3.8) is 0 Å². The van der Waals surface area contributed by atoms with Crippen molar-refractivity contribution in [2.75, 3.05) is 6.54 Å². The molecule has 8 nitrogen and oxygen atoms in total. The number of rotatable bonds is 13. The molecule has 0 fully saturated rings.